The second-order valence-corrected chi connectivity index (χ2v) is 7.79. The zero-order chi connectivity index (χ0) is 20.0. The number of piperidine rings is 1. The number of aryl methyl sites for hydroxylation is 2. The van der Waals surface area contributed by atoms with Crippen LogP contribution < -0.4 is 11.1 Å². The number of aromatic nitrogens is 2. The number of likely N-dealkylation sites (N-methyl/N-ethyl adjacent to an activating group) is 1. The molecular formula is C19H34N6O2. The van der Waals surface area contributed by atoms with E-state index in [1.54, 1.807) is 0 Å². The molecule has 0 bridgehead atoms. The van der Waals surface area contributed by atoms with Crippen LogP contribution in [-0.2, 0) is 9.59 Å². The predicted octanol–water partition coefficient (Wildman–Crippen LogP) is 0.723. The smallest absolute Gasteiger partial charge is 0.244 e. The maximum atomic E-state index is 12.7. The fourth-order valence-electron chi connectivity index (χ4n) is 3.62. The van der Waals surface area contributed by atoms with Crippen LogP contribution in [0.15, 0.2) is 0 Å². The first kappa shape index (κ1) is 21.4. The van der Waals surface area contributed by atoms with Crippen LogP contribution in [0.4, 0.5) is 0 Å². The lowest BCUT2D eigenvalue weighted by Crippen LogP contribution is -2.43. The van der Waals surface area contributed by atoms with Crippen LogP contribution in [0.3, 0.4) is 0 Å². The van der Waals surface area contributed by atoms with Gasteiger partial charge in [-0.05, 0) is 53.1 Å². The first-order valence-electron chi connectivity index (χ1n) is 9.76. The van der Waals surface area contributed by atoms with Gasteiger partial charge in [0, 0.05) is 43.9 Å². The highest BCUT2D eigenvalue weighted by Gasteiger charge is 2.29. The Morgan fingerprint density at radius 1 is 1.33 bits per heavy atom. The number of nitrogens with one attached hydrogen (secondary N) is 2. The van der Waals surface area contributed by atoms with E-state index in [9.17, 15) is 9.59 Å². The molecule has 1 aliphatic heterocycles. The molecule has 1 aromatic rings. The summed E-state index contributed by atoms with van der Waals surface area (Å²) in [5.74, 6) is 0.563. The molecule has 2 amide bonds. The average Bonchev–Trinajstić information content (AvgIpc) is 2.97. The lowest BCUT2D eigenvalue weighted by Gasteiger charge is -2.33. The molecule has 1 atom stereocenters. The number of nitrogens with two attached hydrogens (primary N) is 1. The van der Waals surface area contributed by atoms with Gasteiger partial charge in [-0.2, -0.15) is 5.10 Å². The molecule has 8 nitrogen and oxygen atoms in total. The molecule has 2 heterocycles. The van der Waals surface area contributed by atoms with Gasteiger partial charge in [-0.25, -0.2) is 0 Å². The van der Waals surface area contributed by atoms with Crippen molar-refractivity contribution in [2.24, 2.45) is 11.7 Å². The van der Waals surface area contributed by atoms with Crippen LogP contribution in [0.1, 0.15) is 48.7 Å². The van der Waals surface area contributed by atoms with E-state index in [0.717, 1.165) is 42.8 Å². The second-order valence-electron chi connectivity index (χ2n) is 7.79. The van der Waals surface area contributed by atoms with Gasteiger partial charge >= 0.3 is 0 Å². The zero-order valence-corrected chi connectivity index (χ0v) is 17.0. The van der Waals surface area contributed by atoms with E-state index in [0.29, 0.717) is 32.0 Å². The van der Waals surface area contributed by atoms with Crippen molar-refractivity contribution in [2.75, 3.05) is 40.3 Å². The fourth-order valence-corrected chi connectivity index (χ4v) is 3.62. The van der Waals surface area contributed by atoms with Gasteiger partial charge in [-0.1, -0.05) is 0 Å². The van der Waals surface area contributed by atoms with E-state index >= 15 is 0 Å². The topological polar surface area (TPSA) is 107 Å². The summed E-state index contributed by atoms with van der Waals surface area (Å²) in [4.78, 5) is 28.5. The first-order valence-corrected chi connectivity index (χ1v) is 9.76. The van der Waals surface area contributed by atoms with Gasteiger partial charge in [0.1, 0.15) is 6.04 Å². The SMILES string of the molecule is Cc1n[nH]c(C)c1C(N)C(=O)N1CCC(CCC(=O)NCCN(C)C)CC1. The third-order valence-electron chi connectivity index (χ3n) is 5.35. The number of hydrogen-bond acceptors (Lipinski definition) is 5. The Labute approximate surface area is 161 Å². The van der Waals surface area contributed by atoms with Crippen molar-refractivity contribution in [3.63, 3.8) is 0 Å². The highest BCUT2D eigenvalue weighted by molar-refractivity contribution is 5.83. The van der Waals surface area contributed by atoms with Gasteiger partial charge in [-0.15, -0.1) is 0 Å². The fraction of sp³-hybridized carbons (Fsp3) is 0.737. The largest absolute Gasteiger partial charge is 0.355 e. The van der Waals surface area contributed by atoms with Gasteiger partial charge in [0.05, 0.1) is 5.69 Å². The van der Waals surface area contributed by atoms with Crippen molar-refractivity contribution >= 4 is 11.8 Å². The van der Waals surface area contributed by atoms with Crippen LogP contribution in [0.5, 0.6) is 0 Å². The Bertz CT molecular complexity index is 615. The van der Waals surface area contributed by atoms with Crippen molar-refractivity contribution in [3.05, 3.63) is 17.0 Å². The Morgan fingerprint density at radius 3 is 2.56 bits per heavy atom. The van der Waals surface area contributed by atoms with E-state index in [4.69, 9.17) is 5.73 Å². The Morgan fingerprint density at radius 2 is 2.00 bits per heavy atom. The molecule has 0 saturated carbocycles. The van der Waals surface area contributed by atoms with Gasteiger partial charge in [0.25, 0.3) is 0 Å². The molecule has 27 heavy (non-hydrogen) atoms. The van der Waals surface area contributed by atoms with E-state index in [1.165, 1.54) is 0 Å². The molecule has 1 fully saturated rings. The number of H-pyrrole nitrogens is 1. The summed E-state index contributed by atoms with van der Waals surface area (Å²) in [6.07, 6.45) is 3.28. The highest BCUT2D eigenvalue weighted by atomic mass is 16.2. The number of likely N-dealkylation sites (tertiary alicyclic amines) is 1. The van der Waals surface area contributed by atoms with E-state index < -0.39 is 6.04 Å². The molecule has 1 aliphatic rings. The van der Waals surface area contributed by atoms with Crippen LogP contribution in [0, 0.1) is 19.8 Å². The molecule has 0 aromatic carbocycles. The molecule has 0 radical (unpaired) electrons. The Hall–Kier alpha value is -1.93. The zero-order valence-electron chi connectivity index (χ0n) is 17.0. The van der Waals surface area contributed by atoms with E-state index in [-0.39, 0.29) is 11.8 Å². The van der Waals surface area contributed by atoms with Gasteiger partial charge < -0.3 is 20.9 Å². The minimum Gasteiger partial charge on any atom is -0.355 e. The highest BCUT2D eigenvalue weighted by Crippen LogP contribution is 2.25. The number of aromatic amines is 1. The summed E-state index contributed by atoms with van der Waals surface area (Å²) < 4.78 is 0. The average molecular weight is 379 g/mol. The summed E-state index contributed by atoms with van der Waals surface area (Å²) in [5.41, 5.74) is 8.64. The number of rotatable bonds is 8. The lowest BCUT2D eigenvalue weighted by atomic mass is 9.91. The maximum absolute atomic E-state index is 12.7. The number of carbonyl (C=O) groups excluding carboxylic acids is 2. The molecule has 1 aromatic heterocycles. The molecule has 4 N–H and O–H groups in total. The molecule has 1 unspecified atom stereocenters. The van der Waals surface area contributed by atoms with Gasteiger partial charge in [0.15, 0.2) is 0 Å². The molecule has 2 rings (SSSR count). The van der Waals surface area contributed by atoms with Crippen molar-refractivity contribution < 1.29 is 9.59 Å². The first-order chi connectivity index (χ1) is 12.8. The van der Waals surface area contributed by atoms with Gasteiger partial charge in [0.2, 0.25) is 11.8 Å². The molecule has 1 saturated heterocycles. The maximum Gasteiger partial charge on any atom is 0.244 e. The van der Waals surface area contributed by atoms with E-state index in [2.05, 4.69) is 15.5 Å². The van der Waals surface area contributed by atoms with E-state index in [1.807, 2.05) is 37.7 Å². The summed E-state index contributed by atoms with van der Waals surface area (Å²) in [6, 6.07) is -0.664. The lowest BCUT2D eigenvalue weighted by molar-refractivity contribution is -0.134. The summed E-state index contributed by atoms with van der Waals surface area (Å²) in [5, 5.41) is 9.97. The summed E-state index contributed by atoms with van der Waals surface area (Å²) in [7, 11) is 3.98. The molecule has 0 aliphatic carbocycles. The van der Waals surface area contributed by atoms with Crippen molar-refractivity contribution in [1.82, 2.24) is 25.3 Å². The second kappa shape index (κ2) is 9.85. The standard InChI is InChI=1S/C19H34N6O2/c1-13-17(14(2)23-22-13)18(20)19(27)25-10-7-15(8-11-25)5-6-16(26)21-9-12-24(3)4/h15,18H,5-12,20H2,1-4H3,(H,21,26)(H,22,23). The van der Waals surface area contributed by atoms with Gasteiger partial charge in [-0.3, -0.25) is 14.7 Å². The van der Waals surface area contributed by atoms with Crippen molar-refractivity contribution in [2.45, 2.75) is 45.6 Å². The van der Waals surface area contributed by atoms with Crippen molar-refractivity contribution in [1.29, 1.82) is 0 Å². The number of nitrogens with zero attached hydrogens (tertiary/aromatic N) is 3. The van der Waals surface area contributed by atoms with Crippen LogP contribution in [0.2, 0.25) is 0 Å². The predicted molar refractivity (Wildman–Crippen MR) is 105 cm³/mol. The molecular weight excluding hydrogens is 344 g/mol. The van der Waals surface area contributed by atoms with Crippen LogP contribution in [-0.4, -0.2) is 72.1 Å². The number of amides is 2. The monoisotopic (exact) mass is 378 g/mol. The number of hydrogen-bond donors (Lipinski definition) is 3. The quantitative estimate of drug-likeness (QED) is 0.618. The minimum absolute atomic E-state index is 0.0394. The number of carbonyl (C=O) groups is 2. The van der Waals surface area contributed by atoms with Crippen LogP contribution >= 0.6 is 0 Å². The van der Waals surface area contributed by atoms with Crippen molar-refractivity contribution in [3.8, 4) is 0 Å². The minimum atomic E-state index is -0.664. The molecule has 152 valence electrons. The normalized spacial score (nSPS) is 16.6. The summed E-state index contributed by atoms with van der Waals surface area (Å²) >= 11 is 0. The Balaban J connectivity index is 1.73. The third kappa shape index (κ3) is 6.04. The summed E-state index contributed by atoms with van der Waals surface area (Å²) in [6.45, 7) is 6.69. The van der Waals surface area contributed by atoms with Crippen LogP contribution in [0.25, 0.3) is 0 Å². The molecule has 8 heteroatoms. The molecule has 0 spiro atoms. The Kier molecular flexibility index (Phi) is 7.79. The third-order valence-corrected chi connectivity index (χ3v) is 5.35.